The maximum Gasteiger partial charge on any atom is 0.148 e. The lowest BCUT2D eigenvalue weighted by Crippen LogP contribution is -2.23. The summed E-state index contributed by atoms with van der Waals surface area (Å²) in [5.74, 6) is 2.41. The average Bonchev–Trinajstić information content (AvgIpc) is 2.90. The Hall–Kier alpha value is -3.69. The molecular weight excluding hydrogens is 488 g/mol. The minimum atomic E-state index is -2.96. The van der Waals surface area contributed by atoms with Crippen LogP contribution < -0.4 is 20.1 Å². The van der Waals surface area contributed by atoms with Crippen molar-refractivity contribution in [1.29, 1.82) is 0 Å². The number of anilines is 2. The lowest BCUT2D eigenvalue weighted by molar-refractivity contribution is 0.306. The molecule has 0 atom stereocenters. The van der Waals surface area contributed by atoms with Crippen molar-refractivity contribution in [3.05, 3.63) is 84.2 Å². The van der Waals surface area contributed by atoms with E-state index in [2.05, 4.69) is 26.7 Å². The maximum atomic E-state index is 11.3. The van der Waals surface area contributed by atoms with Crippen molar-refractivity contribution in [2.45, 2.75) is 19.4 Å². The van der Waals surface area contributed by atoms with Gasteiger partial charge in [-0.3, -0.25) is 0 Å². The number of rotatable bonds is 13. The van der Waals surface area contributed by atoms with Crippen LogP contribution in [0.1, 0.15) is 17.5 Å². The number of methoxy groups -OCH3 is 1. The summed E-state index contributed by atoms with van der Waals surface area (Å²) >= 11 is 0. The van der Waals surface area contributed by atoms with E-state index in [1.54, 1.807) is 7.11 Å². The molecule has 3 aromatic carbocycles. The number of hydrogen-bond acceptors (Lipinski definition) is 8. The highest BCUT2D eigenvalue weighted by atomic mass is 32.2. The zero-order valence-corrected chi connectivity index (χ0v) is 21.9. The third-order valence-corrected chi connectivity index (χ3v) is 6.80. The van der Waals surface area contributed by atoms with Gasteiger partial charge in [-0.2, -0.15) is 0 Å². The first-order valence-electron chi connectivity index (χ1n) is 12.2. The van der Waals surface area contributed by atoms with E-state index < -0.39 is 9.84 Å². The number of hydrogen-bond donors (Lipinski definition) is 2. The Morgan fingerprint density at radius 1 is 0.946 bits per heavy atom. The summed E-state index contributed by atoms with van der Waals surface area (Å²) in [5.41, 5.74) is 3.84. The van der Waals surface area contributed by atoms with Gasteiger partial charge in [0.2, 0.25) is 0 Å². The second-order valence-electron chi connectivity index (χ2n) is 8.81. The van der Waals surface area contributed by atoms with Gasteiger partial charge in [-0.05, 0) is 60.8 Å². The number of aromatic nitrogens is 2. The molecule has 0 saturated heterocycles. The van der Waals surface area contributed by atoms with Gasteiger partial charge in [0.15, 0.2) is 0 Å². The standard InChI is InChI=1S/C28H32N4O4S/c1-35-27-18-26-25(17-22(27)9-6-14-29-15-16-37(2,33)34)28(31-20-30-26)32-23-10-12-24(13-11-23)36-19-21-7-4-3-5-8-21/h3-5,7-8,10-13,17-18,20,29H,6,9,14-16,19H2,1-2H3,(H,30,31,32). The molecule has 0 aliphatic heterocycles. The van der Waals surface area contributed by atoms with Crippen LogP contribution in [0, 0.1) is 0 Å². The smallest absolute Gasteiger partial charge is 0.148 e. The predicted octanol–water partition coefficient (Wildman–Crippen LogP) is 4.53. The summed E-state index contributed by atoms with van der Waals surface area (Å²) in [4.78, 5) is 8.90. The van der Waals surface area contributed by atoms with Crippen molar-refractivity contribution in [1.82, 2.24) is 15.3 Å². The number of nitrogens with zero attached hydrogens (tertiary/aromatic N) is 2. The fraction of sp³-hybridized carbons (Fsp3) is 0.286. The van der Waals surface area contributed by atoms with Crippen molar-refractivity contribution in [2.75, 3.05) is 37.5 Å². The fourth-order valence-corrected chi connectivity index (χ4v) is 4.43. The minimum Gasteiger partial charge on any atom is -0.496 e. The average molecular weight is 521 g/mol. The molecule has 9 heteroatoms. The van der Waals surface area contributed by atoms with Gasteiger partial charge < -0.3 is 20.1 Å². The van der Waals surface area contributed by atoms with Gasteiger partial charge >= 0.3 is 0 Å². The number of fused-ring (bicyclic) bond motifs is 1. The molecule has 8 nitrogen and oxygen atoms in total. The van der Waals surface area contributed by atoms with E-state index in [4.69, 9.17) is 9.47 Å². The fourth-order valence-electron chi connectivity index (χ4n) is 3.91. The third kappa shape index (κ3) is 7.90. The monoisotopic (exact) mass is 520 g/mol. The minimum absolute atomic E-state index is 0.138. The number of sulfone groups is 1. The van der Waals surface area contributed by atoms with E-state index >= 15 is 0 Å². The number of aryl methyl sites for hydroxylation is 1. The van der Waals surface area contributed by atoms with E-state index in [0.29, 0.717) is 25.5 Å². The molecule has 0 aliphatic rings. The molecule has 4 aromatic rings. The van der Waals surface area contributed by atoms with Crippen LogP contribution in [0.2, 0.25) is 0 Å². The zero-order valence-electron chi connectivity index (χ0n) is 21.1. The Kier molecular flexibility index (Phi) is 8.92. The van der Waals surface area contributed by atoms with Gasteiger partial charge in [0.1, 0.15) is 40.1 Å². The van der Waals surface area contributed by atoms with Crippen LogP contribution in [0.4, 0.5) is 11.5 Å². The summed E-state index contributed by atoms with van der Waals surface area (Å²) < 4.78 is 34.0. The molecule has 0 spiro atoms. The van der Waals surface area contributed by atoms with Crippen LogP contribution in [0.3, 0.4) is 0 Å². The normalized spacial score (nSPS) is 11.4. The van der Waals surface area contributed by atoms with Gasteiger partial charge in [0, 0.05) is 29.9 Å². The van der Waals surface area contributed by atoms with Gasteiger partial charge in [-0.15, -0.1) is 0 Å². The molecule has 37 heavy (non-hydrogen) atoms. The largest absolute Gasteiger partial charge is 0.496 e. The first kappa shape index (κ1) is 26.4. The van der Waals surface area contributed by atoms with E-state index in [-0.39, 0.29) is 5.75 Å². The summed E-state index contributed by atoms with van der Waals surface area (Å²) in [6, 6.07) is 21.8. The zero-order chi connectivity index (χ0) is 26.1. The molecule has 0 fully saturated rings. The Bertz CT molecular complexity index is 1410. The third-order valence-electron chi connectivity index (χ3n) is 5.85. The first-order chi connectivity index (χ1) is 17.9. The van der Waals surface area contributed by atoms with Crippen LogP contribution in [-0.4, -0.2) is 50.6 Å². The van der Waals surface area contributed by atoms with Crippen molar-refractivity contribution in [2.24, 2.45) is 0 Å². The van der Waals surface area contributed by atoms with Gasteiger partial charge in [-0.1, -0.05) is 30.3 Å². The van der Waals surface area contributed by atoms with Crippen LogP contribution >= 0.6 is 0 Å². The van der Waals surface area contributed by atoms with E-state index in [0.717, 1.165) is 52.1 Å². The molecule has 1 heterocycles. The maximum absolute atomic E-state index is 11.3. The van der Waals surface area contributed by atoms with Crippen molar-refractivity contribution < 1.29 is 17.9 Å². The van der Waals surface area contributed by atoms with Crippen LogP contribution in [-0.2, 0) is 22.9 Å². The second-order valence-corrected chi connectivity index (χ2v) is 11.1. The second kappa shape index (κ2) is 12.5. The molecule has 2 N–H and O–H groups in total. The topological polar surface area (TPSA) is 102 Å². The molecule has 0 saturated carbocycles. The van der Waals surface area contributed by atoms with Crippen molar-refractivity contribution in [3.63, 3.8) is 0 Å². The predicted molar refractivity (Wildman–Crippen MR) is 147 cm³/mol. The molecule has 0 radical (unpaired) electrons. The van der Waals surface area contributed by atoms with E-state index in [9.17, 15) is 8.42 Å². The first-order valence-corrected chi connectivity index (χ1v) is 14.2. The highest BCUT2D eigenvalue weighted by Crippen LogP contribution is 2.31. The number of nitrogens with one attached hydrogen (secondary N) is 2. The highest BCUT2D eigenvalue weighted by molar-refractivity contribution is 7.90. The summed E-state index contributed by atoms with van der Waals surface area (Å²) in [6.45, 7) is 1.68. The highest BCUT2D eigenvalue weighted by Gasteiger charge is 2.11. The van der Waals surface area contributed by atoms with E-state index in [1.807, 2.05) is 60.7 Å². The lowest BCUT2D eigenvalue weighted by Gasteiger charge is -2.14. The molecule has 0 unspecified atom stereocenters. The number of ether oxygens (including phenoxy) is 2. The molecule has 0 bridgehead atoms. The Balaban J connectivity index is 1.42. The van der Waals surface area contributed by atoms with Crippen molar-refractivity contribution >= 4 is 32.2 Å². The molecule has 1 aromatic heterocycles. The molecule has 4 rings (SSSR count). The molecule has 0 aliphatic carbocycles. The summed E-state index contributed by atoms with van der Waals surface area (Å²) in [7, 11) is -1.31. The van der Waals surface area contributed by atoms with Crippen LogP contribution in [0.25, 0.3) is 10.9 Å². The lowest BCUT2D eigenvalue weighted by atomic mass is 10.0. The van der Waals surface area contributed by atoms with Gasteiger partial charge in [0.25, 0.3) is 0 Å². The molecular formula is C28H32N4O4S. The Labute approximate surface area is 218 Å². The quantitative estimate of drug-likeness (QED) is 0.248. The SMILES string of the molecule is COc1cc2ncnc(Nc3ccc(OCc4ccccc4)cc3)c2cc1CCCNCCS(C)(=O)=O. The van der Waals surface area contributed by atoms with Crippen molar-refractivity contribution in [3.8, 4) is 11.5 Å². The van der Waals surface area contributed by atoms with Gasteiger partial charge in [0.05, 0.1) is 18.4 Å². The molecule has 194 valence electrons. The Morgan fingerprint density at radius 2 is 1.73 bits per heavy atom. The molecule has 0 amide bonds. The summed E-state index contributed by atoms with van der Waals surface area (Å²) in [6.07, 6.45) is 4.39. The van der Waals surface area contributed by atoms with Gasteiger partial charge in [-0.25, -0.2) is 18.4 Å². The van der Waals surface area contributed by atoms with Crippen LogP contribution in [0.5, 0.6) is 11.5 Å². The summed E-state index contributed by atoms with van der Waals surface area (Å²) in [5, 5.41) is 7.48. The Morgan fingerprint density at radius 3 is 2.46 bits per heavy atom. The van der Waals surface area contributed by atoms with Crippen LogP contribution in [0.15, 0.2) is 73.1 Å². The number of benzene rings is 3. The van der Waals surface area contributed by atoms with E-state index in [1.165, 1.54) is 12.6 Å².